The molecule has 1 amide bonds. The molecule has 4 aromatic rings. The first-order chi connectivity index (χ1) is 18.6. The Morgan fingerprint density at radius 2 is 1.97 bits per heavy atom. The van der Waals surface area contributed by atoms with E-state index in [1.54, 1.807) is 18.2 Å². The number of sulfone groups is 1. The van der Waals surface area contributed by atoms with Crippen molar-refractivity contribution in [3.63, 3.8) is 0 Å². The van der Waals surface area contributed by atoms with Crippen molar-refractivity contribution in [2.75, 3.05) is 6.61 Å². The largest absolute Gasteiger partial charge is 0.415 e. The summed E-state index contributed by atoms with van der Waals surface area (Å²) in [5, 5.41) is 3.24. The van der Waals surface area contributed by atoms with Gasteiger partial charge in [0.2, 0.25) is 21.2 Å². The summed E-state index contributed by atoms with van der Waals surface area (Å²) in [6, 6.07) is 7.27. The van der Waals surface area contributed by atoms with Crippen molar-refractivity contribution in [1.82, 2.24) is 25.3 Å². The molecule has 1 aromatic carbocycles. The third kappa shape index (κ3) is 5.62. The molecule has 1 aliphatic rings. The van der Waals surface area contributed by atoms with Crippen LogP contribution in [0.4, 0.5) is 13.2 Å². The van der Waals surface area contributed by atoms with E-state index in [2.05, 4.69) is 30.0 Å². The number of nitrogens with zero attached hydrogens (tertiary/aromatic N) is 4. The van der Waals surface area contributed by atoms with E-state index in [0.717, 1.165) is 12.3 Å². The third-order valence-corrected chi connectivity index (χ3v) is 7.82. The molecule has 1 aliphatic heterocycles. The van der Waals surface area contributed by atoms with E-state index in [4.69, 9.17) is 16.3 Å². The van der Waals surface area contributed by atoms with Gasteiger partial charge in [-0.3, -0.25) is 14.8 Å². The maximum atomic E-state index is 14.2. The molecular weight excluding hydrogens is 563 g/mol. The zero-order valence-corrected chi connectivity index (χ0v) is 21.2. The van der Waals surface area contributed by atoms with Gasteiger partial charge in [-0.15, -0.1) is 0 Å². The monoisotopic (exact) mass is 579 g/mol. The van der Waals surface area contributed by atoms with E-state index in [-0.39, 0.29) is 40.9 Å². The van der Waals surface area contributed by atoms with Crippen LogP contribution in [0.1, 0.15) is 21.6 Å². The maximum absolute atomic E-state index is 14.2. The Morgan fingerprint density at radius 1 is 1.15 bits per heavy atom. The minimum Gasteiger partial charge on any atom is -0.415 e. The number of ether oxygens (including phenoxy) is 2. The number of hydrogen-bond acceptors (Lipinski definition) is 9. The molecule has 15 heteroatoms. The maximum Gasteiger partial charge on any atom is 0.388 e. The number of benzene rings is 1. The lowest BCUT2D eigenvalue weighted by atomic mass is 10.1. The van der Waals surface area contributed by atoms with E-state index < -0.39 is 39.4 Å². The fraction of sp³-hybridized carbons (Fsp3) is 0.208. The fourth-order valence-corrected chi connectivity index (χ4v) is 5.49. The topological polar surface area (TPSA) is 133 Å². The van der Waals surface area contributed by atoms with Gasteiger partial charge in [0.05, 0.1) is 54.0 Å². The first kappa shape index (κ1) is 26.7. The number of fused-ring (bicyclic) bond motifs is 2. The number of hydrogen-bond donors (Lipinski definition) is 1. The summed E-state index contributed by atoms with van der Waals surface area (Å²) in [6.45, 7) is -3.96. The molecule has 0 aliphatic carbocycles. The van der Waals surface area contributed by atoms with Crippen molar-refractivity contribution in [2.45, 2.75) is 30.2 Å². The Morgan fingerprint density at radius 3 is 2.77 bits per heavy atom. The Hall–Kier alpha value is -3.88. The van der Waals surface area contributed by atoms with Crippen LogP contribution in [0.2, 0.25) is 5.02 Å². The number of rotatable bonds is 6. The molecule has 0 saturated heterocycles. The normalized spacial score (nSPS) is 16.5. The number of alkyl halides is 3. The summed E-state index contributed by atoms with van der Waals surface area (Å²) in [7, 11) is -4.39. The summed E-state index contributed by atoms with van der Waals surface area (Å²) < 4.78 is 73.6. The van der Waals surface area contributed by atoms with Gasteiger partial charge in [0.15, 0.2) is 0 Å². The molecule has 1 N–H and O–H groups in total. The van der Waals surface area contributed by atoms with Gasteiger partial charge >= 0.3 is 6.61 Å². The van der Waals surface area contributed by atoms with Gasteiger partial charge in [-0.05, 0) is 30.3 Å². The van der Waals surface area contributed by atoms with Gasteiger partial charge in [0.1, 0.15) is 5.69 Å². The molecule has 0 saturated carbocycles. The van der Waals surface area contributed by atoms with Crippen LogP contribution >= 0.6 is 11.6 Å². The van der Waals surface area contributed by atoms with Crippen LogP contribution in [0.25, 0.3) is 22.3 Å². The van der Waals surface area contributed by atoms with Crippen molar-refractivity contribution in [1.29, 1.82) is 0 Å². The number of carbonyl (C=O) groups excluding carboxylic acids is 1. The predicted octanol–water partition coefficient (Wildman–Crippen LogP) is 3.87. The average molecular weight is 580 g/mol. The van der Waals surface area contributed by atoms with Crippen molar-refractivity contribution in [3.05, 3.63) is 70.8 Å². The van der Waals surface area contributed by atoms with E-state index in [1.165, 1.54) is 18.5 Å². The second kappa shape index (κ2) is 10.7. The first-order valence-electron chi connectivity index (χ1n) is 11.2. The molecule has 39 heavy (non-hydrogen) atoms. The molecule has 0 radical (unpaired) electrons. The number of nitrogens with one attached hydrogen (secondary N) is 1. The molecule has 0 unspecified atom stereocenters. The number of carbonyl (C=O) groups is 1. The van der Waals surface area contributed by atoms with Gasteiger partial charge in [0, 0.05) is 27.7 Å². The van der Waals surface area contributed by atoms with E-state index >= 15 is 0 Å². The molecule has 10 nitrogen and oxygen atoms in total. The average Bonchev–Trinajstić information content (AvgIpc) is 3.02. The molecule has 4 heterocycles. The molecular formula is C24H17ClF3N5O5S. The molecule has 5 rings (SSSR count). The van der Waals surface area contributed by atoms with Crippen LogP contribution in [0.15, 0.2) is 53.8 Å². The smallest absolute Gasteiger partial charge is 0.388 e. The summed E-state index contributed by atoms with van der Waals surface area (Å²) in [6.07, 6.45) is 3.93. The van der Waals surface area contributed by atoms with Crippen LogP contribution in [0, 0.1) is 0 Å². The van der Waals surface area contributed by atoms with Crippen molar-refractivity contribution >= 4 is 38.2 Å². The lowest BCUT2D eigenvalue weighted by Crippen LogP contribution is -2.24. The number of pyridine rings is 2. The van der Waals surface area contributed by atoms with Crippen LogP contribution in [0.5, 0.6) is 5.88 Å². The zero-order chi connectivity index (χ0) is 27.7. The standard InChI is InChI=1S/C24H17ClF3N5O5S/c25-16-3-13(4-20-15(16)10-37-11-21(26)39(20,35)36)23(34)31-7-14-5-18-12(6-30-14)1-2-17(32-18)19-8-29-9-22(33-19)38-24(27)28/h1-6,8-9,21,24H,7,10-11H2,(H,31,34)/t21-/m1/s1. The summed E-state index contributed by atoms with van der Waals surface area (Å²) in [5.41, 5.74) is -0.847. The molecule has 0 fully saturated rings. The fourth-order valence-electron chi connectivity index (χ4n) is 3.81. The van der Waals surface area contributed by atoms with Gasteiger partial charge in [-0.2, -0.15) is 8.78 Å². The summed E-state index contributed by atoms with van der Waals surface area (Å²) in [5.74, 6) is -1.02. The van der Waals surface area contributed by atoms with E-state index in [9.17, 15) is 26.4 Å². The Bertz CT molecular complexity index is 1690. The quantitative estimate of drug-likeness (QED) is 0.361. The highest BCUT2D eigenvalue weighted by Gasteiger charge is 2.34. The number of amides is 1. The molecule has 3 aromatic heterocycles. The SMILES string of the molecule is O=C(NCc1cc2nc(-c3cncc(OC(F)F)n3)ccc2cn1)c1cc(Cl)c2c(c1)S(=O)(=O)[C@@H](F)COC2. The minimum atomic E-state index is -4.39. The van der Waals surface area contributed by atoms with Gasteiger partial charge in [0.25, 0.3) is 5.91 Å². The van der Waals surface area contributed by atoms with Gasteiger partial charge in [-0.25, -0.2) is 22.8 Å². The van der Waals surface area contributed by atoms with Crippen LogP contribution < -0.4 is 10.1 Å². The number of aromatic nitrogens is 4. The van der Waals surface area contributed by atoms with Gasteiger partial charge in [-0.1, -0.05) is 11.6 Å². The number of halogens is 4. The van der Waals surface area contributed by atoms with Crippen LogP contribution in [-0.4, -0.2) is 53.0 Å². The minimum absolute atomic E-state index is 0.0398. The highest BCUT2D eigenvalue weighted by Crippen LogP contribution is 2.32. The van der Waals surface area contributed by atoms with Crippen molar-refractivity contribution in [3.8, 4) is 17.3 Å². The van der Waals surface area contributed by atoms with Crippen LogP contribution in [-0.2, 0) is 27.7 Å². The van der Waals surface area contributed by atoms with E-state index in [1.807, 2.05) is 0 Å². The van der Waals surface area contributed by atoms with Gasteiger partial charge < -0.3 is 14.8 Å². The second-order valence-corrected chi connectivity index (χ2v) is 10.7. The highest BCUT2D eigenvalue weighted by atomic mass is 35.5. The second-order valence-electron chi connectivity index (χ2n) is 8.27. The molecule has 1 atom stereocenters. The van der Waals surface area contributed by atoms with E-state index in [0.29, 0.717) is 22.3 Å². The predicted molar refractivity (Wildman–Crippen MR) is 132 cm³/mol. The van der Waals surface area contributed by atoms with Crippen LogP contribution in [0.3, 0.4) is 0 Å². The molecule has 0 bridgehead atoms. The molecule has 0 spiro atoms. The first-order valence-corrected chi connectivity index (χ1v) is 13.1. The van der Waals surface area contributed by atoms with Crippen molar-refractivity contribution < 1.29 is 35.9 Å². The zero-order valence-electron chi connectivity index (χ0n) is 19.6. The summed E-state index contributed by atoms with van der Waals surface area (Å²) in [4.78, 5) is 29.0. The Kier molecular flexibility index (Phi) is 7.34. The molecule has 202 valence electrons. The lowest BCUT2D eigenvalue weighted by Gasteiger charge is -2.12. The third-order valence-electron chi connectivity index (χ3n) is 5.70. The Labute approximate surface area is 224 Å². The lowest BCUT2D eigenvalue weighted by molar-refractivity contribution is -0.0530. The van der Waals surface area contributed by atoms with Crippen molar-refractivity contribution in [2.24, 2.45) is 0 Å². The Balaban J connectivity index is 1.36. The summed E-state index contributed by atoms with van der Waals surface area (Å²) >= 11 is 6.20. The highest BCUT2D eigenvalue weighted by molar-refractivity contribution is 7.92.